The second-order valence-electron chi connectivity index (χ2n) is 6.75. The quantitative estimate of drug-likeness (QED) is 0.776. The molecule has 0 aliphatic carbocycles. The predicted octanol–water partition coefficient (Wildman–Crippen LogP) is 3.11. The Labute approximate surface area is 166 Å². The lowest BCUT2D eigenvalue weighted by Gasteiger charge is -2.29. The predicted molar refractivity (Wildman–Crippen MR) is 102 cm³/mol. The summed E-state index contributed by atoms with van der Waals surface area (Å²) in [7, 11) is 0. The van der Waals surface area contributed by atoms with E-state index in [4.69, 9.17) is 0 Å². The molecule has 3 rings (SSSR count). The van der Waals surface area contributed by atoms with Crippen LogP contribution in [0.15, 0.2) is 36.9 Å². The lowest BCUT2D eigenvalue weighted by atomic mass is 9.95. The molecule has 0 atom stereocenters. The summed E-state index contributed by atoms with van der Waals surface area (Å²) in [5.41, 5.74) is 1.33. The molecule has 6 nitrogen and oxygen atoms in total. The van der Waals surface area contributed by atoms with Crippen molar-refractivity contribution in [1.82, 2.24) is 15.1 Å². The van der Waals surface area contributed by atoms with Gasteiger partial charge in [0.25, 0.3) is 5.91 Å². The minimum Gasteiger partial charge on any atom is -0.350 e. The number of alkyl halides is 3. The number of fused-ring (bicyclic) bond motifs is 1. The summed E-state index contributed by atoms with van der Waals surface area (Å²) >= 11 is 0. The lowest BCUT2D eigenvalue weighted by Crippen LogP contribution is -2.36. The highest BCUT2D eigenvalue weighted by Crippen LogP contribution is 2.30. The molecule has 0 bridgehead atoms. The van der Waals surface area contributed by atoms with E-state index in [9.17, 15) is 22.8 Å². The number of nitrogens with zero attached hydrogens (tertiary/aromatic N) is 3. The van der Waals surface area contributed by atoms with Gasteiger partial charge < -0.3 is 10.2 Å². The van der Waals surface area contributed by atoms with E-state index in [1.165, 1.54) is 17.7 Å². The Kier molecular flexibility index (Phi) is 5.76. The molecule has 154 valence electrons. The number of nitrogens with one attached hydrogen (secondary N) is 1. The van der Waals surface area contributed by atoms with Crippen molar-refractivity contribution in [3.05, 3.63) is 59.4 Å². The van der Waals surface area contributed by atoms with E-state index in [1.807, 2.05) is 0 Å². The van der Waals surface area contributed by atoms with Crippen molar-refractivity contribution >= 4 is 17.5 Å². The van der Waals surface area contributed by atoms with Gasteiger partial charge in [-0.3, -0.25) is 14.3 Å². The maximum atomic E-state index is 12.7. The largest absolute Gasteiger partial charge is 0.435 e. The van der Waals surface area contributed by atoms with E-state index in [-0.39, 0.29) is 24.9 Å². The van der Waals surface area contributed by atoms with Crippen molar-refractivity contribution in [3.8, 4) is 0 Å². The SMILES string of the molecule is C=CC(=O)N1CCCc2c(C(=O)NCCn3nc(C(F)(F)F)cc3C)cccc21. The Morgan fingerprint density at radius 2 is 2.10 bits per heavy atom. The number of halogens is 3. The van der Waals surface area contributed by atoms with Crippen molar-refractivity contribution in [3.63, 3.8) is 0 Å². The fourth-order valence-electron chi connectivity index (χ4n) is 3.42. The summed E-state index contributed by atoms with van der Waals surface area (Å²) in [6.07, 6.45) is -1.88. The molecule has 0 radical (unpaired) electrons. The number of benzene rings is 1. The minimum atomic E-state index is -4.50. The normalized spacial score (nSPS) is 13.7. The van der Waals surface area contributed by atoms with Gasteiger partial charge in [0.05, 0.1) is 6.54 Å². The van der Waals surface area contributed by atoms with Crippen LogP contribution in [0.25, 0.3) is 0 Å². The summed E-state index contributed by atoms with van der Waals surface area (Å²) < 4.78 is 39.5. The molecule has 0 spiro atoms. The van der Waals surface area contributed by atoms with E-state index in [2.05, 4.69) is 17.0 Å². The number of rotatable bonds is 5. The minimum absolute atomic E-state index is 0.115. The first-order valence-electron chi connectivity index (χ1n) is 9.18. The molecule has 29 heavy (non-hydrogen) atoms. The zero-order valence-electron chi connectivity index (χ0n) is 15.9. The smallest absolute Gasteiger partial charge is 0.350 e. The molecule has 0 saturated carbocycles. The summed E-state index contributed by atoms with van der Waals surface area (Å²) in [6, 6.07) is 6.14. The summed E-state index contributed by atoms with van der Waals surface area (Å²) in [6.45, 7) is 5.84. The first-order chi connectivity index (χ1) is 13.7. The summed E-state index contributed by atoms with van der Waals surface area (Å²) in [5.74, 6) is -0.561. The molecule has 0 saturated heterocycles. The maximum Gasteiger partial charge on any atom is 0.435 e. The second kappa shape index (κ2) is 8.10. The molecule has 2 aromatic rings. The van der Waals surface area contributed by atoms with Crippen LogP contribution >= 0.6 is 0 Å². The fourth-order valence-corrected chi connectivity index (χ4v) is 3.42. The highest BCUT2D eigenvalue weighted by molar-refractivity contribution is 6.04. The number of amides is 2. The van der Waals surface area contributed by atoms with Gasteiger partial charge in [0, 0.05) is 30.0 Å². The number of carbonyl (C=O) groups is 2. The lowest BCUT2D eigenvalue weighted by molar-refractivity contribution is -0.141. The van der Waals surface area contributed by atoms with E-state index >= 15 is 0 Å². The van der Waals surface area contributed by atoms with E-state index in [1.54, 1.807) is 23.1 Å². The van der Waals surface area contributed by atoms with Crippen LogP contribution in [0.5, 0.6) is 0 Å². The Balaban J connectivity index is 1.70. The molecular formula is C20H21F3N4O2. The molecule has 2 amide bonds. The van der Waals surface area contributed by atoms with Crippen molar-refractivity contribution < 1.29 is 22.8 Å². The van der Waals surface area contributed by atoms with Crippen LogP contribution in [0, 0.1) is 6.92 Å². The van der Waals surface area contributed by atoms with Gasteiger partial charge in [-0.25, -0.2) is 0 Å². The summed E-state index contributed by atoms with van der Waals surface area (Å²) in [5, 5.41) is 6.27. The van der Waals surface area contributed by atoms with E-state index in [0.717, 1.165) is 18.1 Å². The molecule has 1 aromatic carbocycles. The molecular weight excluding hydrogens is 385 g/mol. The average molecular weight is 406 g/mol. The summed E-state index contributed by atoms with van der Waals surface area (Å²) in [4.78, 5) is 26.3. The van der Waals surface area contributed by atoms with Gasteiger partial charge in [-0.2, -0.15) is 18.3 Å². The topological polar surface area (TPSA) is 67.2 Å². The zero-order valence-corrected chi connectivity index (χ0v) is 15.9. The highest BCUT2D eigenvalue weighted by atomic mass is 19.4. The van der Waals surface area contributed by atoms with Crippen LogP contribution in [0.1, 0.15) is 33.7 Å². The van der Waals surface area contributed by atoms with Crippen LogP contribution in [-0.4, -0.2) is 34.7 Å². The average Bonchev–Trinajstić information content (AvgIpc) is 3.07. The van der Waals surface area contributed by atoms with Gasteiger partial charge in [-0.1, -0.05) is 12.6 Å². The van der Waals surface area contributed by atoms with E-state index < -0.39 is 11.9 Å². The standard InChI is InChI=1S/C20H21F3N4O2/c1-3-18(28)26-10-5-7-14-15(6-4-8-16(14)26)19(29)24-9-11-27-13(2)12-17(25-27)20(21,22)23/h3-4,6,8,12H,1,5,7,9-11H2,2H3,(H,24,29). The molecule has 0 fully saturated rings. The first kappa shape index (κ1) is 20.6. The van der Waals surface area contributed by atoms with Crippen LogP contribution in [0.3, 0.4) is 0 Å². The number of aromatic nitrogens is 2. The Morgan fingerprint density at radius 1 is 1.34 bits per heavy atom. The molecule has 1 aliphatic heterocycles. The maximum absolute atomic E-state index is 12.7. The molecule has 0 unspecified atom stereocenters. The third kappa shape index (κ3) is 4.33. The van der Waals surface area contributed by atoms with Crippen LogP contribution in [0.4, 0.5) is 18.9 Å². The van der Waals surface area contributed by atoms with Crippen molar-refractivity contribution in [2.45, 2.75) is 32.5 Å². The zero-order chi connectivity index (χ0) is 21.2. The van der Waals surface area contributed by atoms with Crippen molar-refractivity contribution in [2.75, 3.05) is 18.0 Å². The molecule has 1 N–H and O–H groups in total. The van der Waals surface area contributed by atoms with Gasteiger partial charge >= 0.3 is 6.18 Å². The number of hydrogen-bond acceptors (Lipinski definition) is 3. The molecule has 1 aromatic heterocycles. The fraction of sp³-hybridized carbons (Fsp3) is 0.350. The van der Waals surface area contributed by atoms with Crippen LogP contribution < -0.4 is 10.2 Å². The second-order valence-corrected chi connectivity index (χ2v) is 6.75. The van der Waals surface area contributed by atoms with Gasteiger partial charge in [-0.05, 0) is 49.6 Å². The number of carbonyl (C=O) groups excluding carboxylic acids is 2. The highest BCUT2D eigenvalue weighted by Gasteiger charge is 2.34. The molecule has 2 heterocycles. The molecule has 9 heteroatoms. The Hall–Kier alpha value is -3.10. The number of anilines is 1. The van der Waals surface area contributed by atoms with Gasteiger partial charge in [0.15, 0.2) is 5.69 Å². The van der Waals surface area contributed by atoms with Gasteiger partial charge in [0.2, 0.25) is 5.91 Å². The first-order valence-corrected chi connectivity index (χ1v) is 9.18. The Morgan fingerprint density at radius 3 is 2.76 bits per heavy atom. The Bertz CT molecular complexity index is 950. The molecule has 1 aliphatic rings. The van der Waals surface area contributed by atoms with Crippen LogP contribution in [-0.2, 0) is 23.9 Å². The monoisotopic (exact) mass is 406 g/mol. The van der Waals surface area contributed by atoms with Gasteiger partial charge in [0.1, 0.15) is 0 Å². The number of hydrogen-bond donors (Lipinski definition) is 1. The van der Waals surface area contributed by atoms with Crippen LogP contribution in [0.2, 0.25) is 0 Å². The van der Waals surface area contributed by atoms with Gasteiger partial charge in [-0.15, -0.1) is 0 Å². The third-order valence-electron chi connectivity index (χ3n) is 4.82. The third-order valence-corrected chi connectivity index (χ3v) is 4.82. The van der Waals surface area contributed by atoms with E-state index in [0.29, 0.717) is 29.9 Å². The van der Waals surface area contributed by atoms with Crippen molar-refractivity contribution in [1.29, 1.82) is 0 Å². The van der Waals surface area contributed by atoms with Crippen molar-refractivity contribution in [2.24, 2.45) is 0 Å². The number of aryl methyl sites for hydroxylation is 1.